The summed E-state index contributed by atoms with van der Waals surface area (Å²) in [5.41, 5.74) is 1.77. The van der Waals surface area contributed by atoms with Crippen molar-refractivity contribution in [3.05, 3.63) is 59.3 Å². The van der Waals surface area contributed by atoms with Crippen molar-refractivity contribution in [2.45, 2.75) is 26.6 Å². The lowest BCUT2D eigenvalue weighted by atomic mass is 10.1. The highest BCUT2D eigenvalue weighted by Crippen LogP contribution is 2.38. The van der Waals surface area contributed by atoms with E-state index in [0.717, 1.165) is 23.0 Å². The third kappa shape index (κ3) is 3.13. The van der Waals surface area contributed by atoms with Gasteiger partial charge in [-0.15, -0.1) is 16.4 Å². The van der Waals surface area contributed by atoms with Crippen LogP contribution in [0, 0.1) is 13.8 Å². The number of alkyl halides is 3. The van der Waals surface area contributed by atoms with E-state index >= 15 is 0 Å². The molecule has 10 heteroatoms. The number of benzene rings is 1. The lowest BCUT2D eigenvalue weighted by Gasteiger charge is -2.06. The van der Waals surface area contributed by atoms with Gasteiger partial charge in [0, 0.05) is 5.39 Å². The molecule has 0 fully saturated rings. The summed E-state index contributed by atoms with van der Waals surface area (Å²) in [7, 11) is 0. The van der Waals surface area contributed by atoms with Crippen LogP contribution in [0.5, 0.6) is 5.75 Å². The minimum Gasteiger partial charge on any atom is -0.486 e. The van der Waals surface area contributed by atoms with Crippen molar-refractivity contribution >= 4 is 37.4 Å². The van der Waals surface area contributed by atoms with Crippen molar-refractivity contribution in [3.63, 3.8) is 0 Å². The monoisotopic (exact) mass is 429 g/mol. The lowest BCUT2D eigenvalue weighted by Crippen LogP contribution is -2.07. The van der Waals surface area contributed by atoms with Gasteiger partial charge in [-0.05, 0) is 37.6 Å². The van der Waals surface area contributed by atoms with Crippen molar-refractivity contribution in [1.29, 1.82) is 0 Å². The van der Waals surface area contributed by atoms with Crippen LogP contribution in [0.2, 0.25) is 0 Å². The maximum absolute atomic E-state index is 13.1. The molecule has 0 bridgehead atoms. The second kappa shape index (κ2) is 6.63. The summed E-state index contributed by atoms with van der Waals surface area (Å²) in [4.78, 5) is 13.0. The van der Waals surface area contributed by atoms with Crippen molar-refractivity contribution in [3.8, 4) is 5.75 Å². The zero-order valence-electron chi connectivity index (χ0n) is 15.9. The molecule has 0 unspecified atom stereocenters. The molecule has 0 aliphatic carbocycles. The largest absolute Gasteiger partial charge is 0.486 e. The van der Waals surface area contributed by atoms with Crippen LogP contribution in [0.1, 0.15) is 22.6 Å². The van der Waals surface area contributed by atoms with Crippen molar-refractivity contribution in [2.75, 3.05) is 0 Å². The maximum Gasteiger partial charge on any atom is 0.433 e. The number of aromatic nitrogens is 5. The first kappa shape index (κ1) is 18.7. The molecule has 0 atom stereocenters. The Labute approximate surface area is 172 Å². The van der Waals surface area contributed by atoms with Gasteiger partial charge in [-0.25, -0.2) is 19.5 Å². The third-order valence-electron chi connectivity index (χ3n) is 4.69. The molecular weight excluding hydrogens is 415 g/mol. The van der Waals surface area contributed by atoms with Crippen LogP contribution in [0.3, 0.4) is 0 Å². The number of nitrogens with zero attached hydrogens (tertiary/aromatic N) is 5. The number of ether oxygens (including phenoxy) is 1. The fourth-order valence-electron chi connectivity index (χ4n) is 3.24. The van der Waals surface area contributed by atoms with E-state index in [0.29, 0.717) is 38.4 Å². The molecule has 152 valence electrons. The van der Waals surface area contributed by atoms with Gasteiger partial charge in [-0.2, -0.15) is 13.2 Å². The quantitative estimate of drug-likeness (QED) is 0.399. The van der Waals surface area contributed by atoms with Crippen molar-refractivity contribution in [1.82, 2.24) is 24.6 Å². The molecule has 0 N–H and O–H groups in total. The molecule has 4 heterocycles. The molecule has 0 saturated heterocycles. The first-order chi connectivity index (χ1) is 14.3. The minimum absolute atomic E-state index is 0.159. The van der Waals surface area contributed by atoms with E-state index in [1.807, 2.05) is 31.2 Å². The number of hydrogen-bond donors (Lipinski definition) is 0. The molecule has 5 rings (SSSR count). The van der Waals surface area contributed by atoms with E-state index in [9.17, 15) is 13.2 Å². The Balaban J connectivity index is 1.58. The Kier molecular flexibility index (Phi) is 4.14. The summed E-state index contributed by atoms with van der Waals surface area (Å²) in [5, 5.41) is 4.97. The topological polar surface area (TPSA) is 65.2 Å². The maximum atomic E-state index is 13.1. The highest BCUT2D eigenvalue weighted by Gasteiger charge is 2.33. The number of thiophene rings is 1. The molecule has 30 heavy (non-hydrogen) atoms. The average molecular weight is 429 g/mol. The molecule has 0 amide bonds. The molecule has 4 aromatic heterocycles. The summed E-state index contributed by atoms with van der Waals surface area (Å²) in [5.74, 6) is 1.15. The van der Waals surface area contributed by atoms with E-state index in [-0.39, 0.29) is 11.4 Å². The highest BCUT2D eigenvalue weighted by molar-refractivity contribution is 7.26. The molecule has 0 aliphatic heterocycles. The van der Waals surface area contributed by atoms with Crippen molar-refractivity contribution in [2.24, 2.45) is 0 Å². The molecule has 5 aromatic rings. The van der Waals surface area contributed by atoms with Gasteiger partial charge in [-0.1, -0.05) is 17.7 Å². The third-order valence-corrected chi connectivity index (χ3v) is 5.76. The molecule has 0 saturated carbocycles. The normalized spacial score (nSPS) is 12.3. The predicted molar refractivity (Wildman–Crippen MR) is 107 cm³/mol. The van der Waals surface area contributed by atoms with Crippen LogP contribution in [-0.2, 0) is 12.8 Å². The van der Waals surface area contributed by atoms with Gasteiger partial charge in [0.2, 0.25) is 0 Å². The van der Waals surface area contributed by atoms with Gasteiger partial charge in [0.05, 0.1) is 5.52 Å². The number of fused-ring (bicyclic) bond motifs is 5. The van der Waals surface area contributed by atoms with Gasteiger partial charge in [0.1, 0.15) is 33.9 Å². The minimum atomic E-state index is -4.51. The zero-order valence-corrected chi connectivity index (χ0v) is 16.7. The second-order valence-corrected chi connectivity index (χ2v) is 7.92. The van der Waals surface area contributed by atoms with Gasteiger partial charge < -0.3 is 4.74 Å². The number of hydrogen-bond acceptors (Lipinski definition) is 6. The lowest BCUT2D eigenvalue weighted by molar-refractivity contribution is -0.141. The Morgan fingerprint density at radius 1 is 1.10 bits per heavy atom. The predicted octanol–water partition coefficient (Wildman–Crippen LogP) is 5.10. The second-order valence-electron chi connectivity index (χ2n) is 6.92. The number of pyridine rings is 1. The van der Waals surface area contributed by atoms with E-state index in [4.69, 9.17) is 4.74 Å². The Morgan fingerprint density at radius 3 is 2.60 bits per heavy atom. The summed E-state index contributed by atoms with van der Waals surface area (Å²) in [6.07, 6.45) is -3.00. The smallest absolute Gasteiger partial charge is 0.433 e. The number of aryl methyl sites for hydroxylation is 2. The van der Waals surface area contributed by atoms with E-state index in [1.165, 1.54) is 10.8 Å². The highest BCUT2D eigenvalue weighted by atomic mass is 32.1. The van der Waals surface area contributed by atoms with Gasteiger partial charge in [0.15, 0.2) is 11.5 Å². The first-order valence-electron chi connectivity index (χ1n) is 9.00. The molecule has 0 radical (unpaired) electrons. The molecule has 6 nitrogen and oxygen atoms in total. The summed E-state index contributed by atoms with van der Waals surface area (Å²) < 4.78 is 47.3. The number of halogens is 3. The van der Waals surface area contributed by atoms with Gasteiger partial charge in [0.25, 0.3) is 0 Å². The van der Waals surface area contributed by atoms with E-state index in [2.05, 4.69) is 20.1 Å². The molecule has 0 spiro atoms. The van der Waals surface area contributed by atoms with Crippen LogP contribution in [-0.4, -0.2) is 24.6 Å². The Bertz CT molecular complexity index is 1410. The van der Waals surface area contributed by atoms with Gasteiger partial charge in [-0.3, -0.25) is 0 Å². The van der Waals surface area contributed by atoms with E-state index < -0.39 is 11.9 Å². The van der Waals surface area contributed by atoms with Crippen molar-refractivity contribution < 1.29 is 17.9 Å². The Morgan fingerprint density at radius 2 is 1.87 bits per heavy atom. The van der Waals surface area contributed by atoms with Crippen LogP contribution in [0.25, 0.3) is 26.1 Å². The van der Waals surface area contributed by atoms with Crippen LogP contribution < -0.4 is 4.74 Å². The van der Waals surface area contributed by atoms with Crippen LogP contribution in [0.15, 0.2) is 36.7 Å². The van der Waals surface area contributed by atoms with Crippen LogP contribution >= 0.6 is 11.3 Å². The summed E-state index contributed by atoms with van der Waals surface area (Å²) in [6, 6.07) is 8.67. The molecular formula is C20H14F3N5OS. The Hall–Kier alpha value is -3.27. The SMILES string of the molecule is Cc1ccc(OCc2nc3c4sc5nc(C(F)(F)F)cc(C)c5c4ncn3n2)cc1. The van der Waals surface area contributed by atoms with Gasteiger partial charge >= 0.3 is 6.18 Å². The fraction of sp³-hybridized carbons (Fsp3) is 0.200. The fourth-order valence-corrected chi connectivity index (χ4v) is 4.42. The van der Waals surface area contributed by atoms with Crippen LogP contribution in [0.4, 0.5) is 13.2 Å². The van der Waals surface area contributed by atoms with E-state index in [1.54, 1.807) is 6.92 Å². The molecule has 0 aliphatic rings. The summed E-state index contributed by atoms with van der Waals surface area (Å²) >= 11 is 1.13. The average Bonchev–Trinajstić information content (AvgIpc) is 3.27. The number of rotatable bonds is 3. The molecule has 1 aromatic carbocycles. The first-order valence-corrected chi connectivity index (χ1v) is 9.82. The zero-order chi connectivity index (χ0) is 21.0. The standard InChI is InChI=1S/C20H14F3N5OS/c1-10-3-5-12(6-4-10)29-8-14-26-18-17-16(24-9-28(18)27-14)15-11(2)7-13(20(21,22)23)25-19(15)30-17/h3-7,9H,8H2,1-2H3. The summed E-state index contributed by atoms with van der Waals surface area (Å²) in [6.45, 7) is 3.78.